The van der Waals surface area contributed by atoms with Crippen molar-refractivity contribution in [2.75, 3.05) is 20.2 Å². The molecule has 0 fully saturated rings. The molecular formula is C11H21NO4. The molecular weight excluding hydrogens is 210 g/mol. The van der Waals surface area contributed by atoms with Gasteiger partial charge in [-0.2, -0.15) is 0 Å². The number of nitrogens with one attached hydrogen (secondary N) is 1. The zero-order valence-corrected chi connectivity index (χ0v) is 10.5. The molecule has 0 aromatic rings. The van der Waals surface area contributed by atoms with Crippen molar-refractivity contribution < 1.29 is 19.1 Å². The molecule has 5 nitrogen and oxygen atoms in total. The standard InChI is InChI=1S/C11H21NO4/c1-11(2,3)16-10(14)8-12-7-5-6-9(13)15-4/h12H,5-8H2,1-4H3. The second-order valence-corrected chi connectivity index (χ2v) is 4.44. The van der Waals surface area contributed by atoms with Gasteiger partial charge in [-0.1, -0.05) is 0 Å². The fourth-order valence-electron chi connectivity index (χ4n) is 1.03. The second-order valence-electron chi connectivity index (χ2n) is 4.44. The zero-order valence-electron chi connectivity index (χ0n) is 10.5. The van der Waals surface area contributed by atoms with E-state index >= 15 is 0 Å². The van der Waals surface area contributed by atoms with Crippen molar-refractivity contribution in [3.05, 3.63) is 0 Å². The maximum atomic E-state index is 11.2. The predicted molar refractivity (Wildman–Crippen MR) is 60.0 cm³/mol. The SMILES string of the molecule is COC(=O)CCCNCC(=O)OC(C)(C)C. The molecule has 0 aliphatic rings. The summed E-state index contributed by atoms with van der Waals surface area (Å²) < 4.78 is 9.58. The van der Waals surface area contributed by atoms with Crippen LogP contribution in [0.25, 0.3) is 0 Å². The number of methoxy groups -OCH3 is 1. The van der Waals surface area contributed by atoms with Gasteiger partial charge in [0.05, 0.1) is 13.7 Å². The Hall–Kier alpha value is -1.10. The van der Waals surface area contributed by atoms with Gasteiger partial charge in [0.25, 0.3) is 0 Å². The third kappa shape index (κ3) is 9.45. The summed E-state index contributed by atoms with van der Waals surface area (Å²) in [6.45, 7) is 6.22. The van der Waals surface area contributed by atoms with E-state index in [2.05, 4.69) is 10.1 Å². The smallest absolute Gasteiger partial charge is 0.320 e. The minimum absolute atomic E-state index is 0.165. The maximum Gasteiger partial charge on any atom is 0.320 e. The maximum absolute atomic E-state index is 11.2. The Bertz CT molecular complexity index is 233. The molecule has 16 heavy (non-hydrogen) atoms. The lowest BCUT2D eigenvalue weighted by Crippen LogP contribution is -2.32. The highest BCUT2D eigenvalue weighted by Crippen LogP contribution is 2.06. The van der Waals surface area contributed by atoms with Crippen molar-refractivity contribution in [2.24, 2.45) is 0 Å². The zero-order chi connectivity index (χ0) is 12.6. The summed E-state index contributed by atoms with van der Waals surface area (Å²) >= 11 is 0. The second kappa shape index (κ2) is 7.22. The van der Waals surface area contributed by atoms with Gasteiger partial charge < -0.3 is 14.8 Å². The van der Waals surface area contributed by atoms with E-state index in [1.54, 1.807) is 0 Å². The van der Waals surface area contributed by atoms with Gasteiger partial charge in [0.2, 0.25) is 0 Å². The van der Waals surface area contributed by atoms with E-state index in [1.807, 2.05) is 20.8 Å². The van der Waals surface area contributed by atoms with E-state index in [4.69, 9.17) is 4.74 Å². The minimum Gasteiger partial charge on any atom is -0.469 e. The van der Waals surface area contributed by atoms with Crippen LogP contribution in [0.3, 0.4) is 0 Å². The van der Waals surface area contributed by atoms with Gasteiger partial charge in [0, 0.05) is 6.42 Å². The molecule has 0 heterocycles. The van der Waals surface area contributed by atoms with Crippen LogP contribution in [0.1, 0.15) is 33.6 Å². The summed E-state index contributed by atoms with van der Waals surface area (Å²) in [5.74, 6) is -0.523. The van der Waals surface area contributed by atoms with Gasteiger partial charge in [0.15, 0.2) is 0 Å². The molecule has 5 heteroatoms. The van der Waals surface area contributed by atoms with Crippen molar-refractivity contribution in [3.8, 4) is 0 Å². The Balaban J connectivity index is 3.45. The van der Waals surface area contributed by atoms with Crippen LogP contribution in [0, 0.1) is 0 Å². The molecule has 0 aromatic carbocycles. The molecule has 0 radical (unpaired) electrons. The summed E-state index contributed by atoms with van der Waals surface area (Å²) in [6.07, 6.45) is 1.01. The molecule has 0 rings (SSSR count). The lowest BCUT2D eigenvalue weighted by Gasteiger charge is -2.19. The summed E-state index contributed by atoms with van der Waals surface area (Å²) in [4.78, 5) is 22.0. The predicted octanol–water partition coefficient (Wildman–Crippen LogP) is 0.871. The first-order valence-electron chi connectivity index (χ1n) is 5.34. The first-order valence-corrected chi connectivity index (χ1v) is 5.34. The van der Waals surface area contributed by atoms with E-state index in [0.717, 1.165) is 0 Å². The number of rotatable bonds is 6. The summed E-state index contributed by atoms with van der Waals surface area (Å²) in [6, 6.07) is 0. The largest absolute Gasteiger partial charge is 0.469 e. The van der Waals surface area contributed by atoms with Gasteiger partial charge in [-0.25, -0.2) is 0 Å². The number of ether oxygens (including phenoxy) is 2. The highest BCUT2D eigenvalue weighted by molar-refractivity contribution is 5.72. The molecule has 0 aromatic heterocycles. The van der Waals surface area contributed by atoms with Gasteiger partial charge in [-0.15, -0.1) is 0 Å². The Morgan fingerprint density at radius 1 is 1.19 bits per heavy atom. The summed E-state index contributed by atoms with van der Waals surface area (Å²) in [5, 5.41) is 2.90. The van der Waals surface area contributed by atoms with Gasteiger partial charge in [-0.05, 0) is 33.7 Å². The fraction of sp³-hybridized carbons (Fsp3) is 0.818. The van der Waals surface area contributed by atoms with Gasteiger partial charge in [-0.3, -0.25) is 9.59 Å². The minimum atomic E-state index is -0.454. The lowest BCUT2D eigenvalue weighted by molar-refractivity contribution is -0.153. The molecule has 0 atom stereocenters. The highest BCUT2D eigenvalue weighted by atomic mass is 16.6. The average molecular weight is 231 g/mol. The Labute approximate surface area is 96.5 Å². The monoisotopic (exact) mass is 231 g/mol. The van der Waals surface area contributed by atoms with E-state index < -0.39 is 5.60 Å². The van der Waals surface area contributed by atoms with Crippen LogP contribution < -0.4 is 5.32 Å². The highest BCUT2D eigenvalue weighted by Gasteiger charge is 2.15. The Morgan fingerprint density at radius 2 is 1.81 bits per heavy atom. The third-order valence-electron chi connectivity index (χ3n) is 1.65. The van der Waals surface area contributed by atoms with Crippen LogP contribution in [0.15, 0.2) is 0 Å². The molecule has 0 saturated carbocycles. The van der Waals surface area contributed by atoms with E-state index in [-0.39, 0.29) is 18.5 Å². The summed E-state index contributed by atoms with van der Waals surface area (Å²) in [7, 11) is 1.36. The lowest BCUT2D eigenvalue weighted by atomic mass is 10.2. The normalized spacial score (nSPS) is 11.0. The third-order valence-corrected chi connectivity index (χ3v) is 1.65. The van der Waals surface area contributed by atoms with Crippen molar-refractivity contribution in [3.63, 3.8) is 0 Å². The van der Waals surface area contributed by atoms with Crippen molar-refractivity contribution in [2.45, 2.75) is 39.2 Å². The van der Waals surface area contributed by atoms with Crippen molar-refractivity contribution >= 4 is 11.9 Å². The molecule has 0 unspecified atom stereocenters. The number of carbonyl (C=O) groups excluding carboxylic acids is 2. The van der Waals surface area contributed by atoms with Gasteiger partial charge in [0.1, 0.15) is 5.60 Å². The quantitative estimate of drug-likeness (QED) is 0.543. The first-order chi connectivity index (χ1) is 7.35. The van der Waals surface area contributed by atoms with Gasteiger partial charge >= 0.3 is 11.9 Å². The molecule has 0 bridgehead atoms. The van der Waals surface area contributed by atoms with Crippen LogP contribution >= 0.6 is 0 Å². The van der Waals surface area contributed by atoms with E-state index in [9.17, 15) is 9.59 Å². The average Bonchev–Trinajstić information content (AvgIpc) is 2.14. The first kappa shape index (κ1) is 14.9. The van der Waals surface area contributed by atoms with Crippen molar-refractivity contribution in [1.82, 2.24) is 5.32 Å². The van der Waals surface area contributed by atoms with Crippen LogP contribution in [-0.4, -0.2) is 37.7 Å². The number of esters is 2. The molecule has 94 valence electrons. The van der Waals surface area contributed by atoms with E-state index in [0.29, 0.717) is 19.4 Å². The summed E-state index contributed by atoms with van der Waals surface area (Å²) in [5.41, 5.74) is -0.454. The molecule has 1 N–H and O–H groups in total. The van der Waals surface area contributed by atoms with Crippen LogP contribution in [-0.2, 0) is 19.1 Å². The van der Waals surface area contributed by atoms with Crippen LogP contribution in [0.2, 0.25) is 0 Å². The van der Waals surface area contributed by atoms with Crippen LogP contribution in [0.4, 0.5) is 0 Å². The fourth-order valence-corrected chi connectivity index (χ4v) is 1.03. The number of carbonyl (C=O) groups is 2. The molecule has 0 amide bonds. The Kier molecular flexibility index (Phi) is 6.72. The topological polar surface area (TPSA) is 64.6 Å². The molecule has 0 aliphatic carbocycles. The number of hydrogen-bond acceptors (Lipinski definition) is 5. The molecule has 0 spiro atoms. The molecule has 0 aliphatic heterocycles. The Morgan fingerprint density at radius 3 is 2.31 bits per heavy atom. The van der Waals surface area contributed by atoms with Crippen LogP contribution in [0.5, 0.6) is 0 Å². The van der Waals surface area contributed by atoms with E-state index in [1.165, 1.54) is 7.11 Å². The molecule has 0 saturated heterocycles. The van der Waals surface area contributed by atoms with Crippen molar-refractivity contribution in [1.29, 1.82) is 0 Å². The number of hydrogen-bond donors (Lipinski definition) is 1.